The van der Waals surface area contributed by atoms with Crippen LogP contribution in [0.25, 0.3) is 0 Å². The molecule has 2 nitrogen and oxygen atoms in total. The molecule has 0 aromatic carbocycles. The maximum absolute atomic E-state index is 11.1. The SMILES string of the molecule is CC(Br)C(=O)C(C)(C)[C]=O. The van der Waals surface area contributed by atoms with Crippen LogP contribution < -0.4 is 0 Å². The van der Waals surface area contributed by atoms with E-state index in [9.17, 15) is 9.59 Å². The second-order valence-electron chi connectivity index (χ2n) is 2.71. The Balaban J connectivity index is 4.33. The second kappa shape index (κ2) is 3.28. The van der Waals surface area contributed by atoms with Gasteiger partial charge in [0.05, 0.1) is 10.2 Å². The van der Waals surface area contributed by atoms with Gasteiger partial charge in [0, 0.05) is 0 Å². The maximum Gasteiger partial charge on any atom is 0.212 e. The molecule has 0 spiro atoms. The van der Waals surface area contributed by atoms with Gasteiger partial charge in [-0.3, -0.25) is 9.59 Å². The Morgan fingerprint density at radius 3 is 2.10 bits per heavy atom. The monoisotopic (exact) mass is 205 g/mol. The van der Waals surface area contributed by atoms with Gasteiger partial charge in [0.25, 0.3) is 0 Å². The van der Waals surface area contributed by atoms with Gasteiger partial charge in [0.2, 0.25) is 6.29 Å². The zero-order valence-electron chi connectivity index (χ0n) is 6.27. The first-order chi connectivity index (χ1) is 4.41. The highest BCUT2D eigenvalue weighted by atomic mass is 79.9. The van der Waals surface area contributed by atoms with Crippen LogP contribution in [0.4, 0.5) is 0 Å². The molecule has 0 fully saturated rings. The molecule has 0 heterocycles. The summed E-state index contributed by atoms with van der Waals surface area (Å²) < 4.78 is 0. The quantitative estimate of drug-likeness (QED) is 0.517. The van der Waals surface area contributed by atoms with Crippen LogP contribution in [0.15, 0.2) is 0 Å². The summed E-state index contributed by atoms with van der Waals surface area (Å²) in [7, 11) is 0. The molecule has 0 aromatic rings. The van der Waals surface area contributed by atoms with Crippen LogP contribution in [-0.4, -0.2) is 16.9 Å². The van der Waals surface area contributed by atoms with Gasteiger partial charge in [-0.05, 0) is 20.8 Å². The third kappa shape index (κ3) is 2.21. The lowest BCUT2D eigenvalue weighted by Gasteiger charge is -2.14. The fourth-order valence-electron chi connectivity index (χ4n) is 0.548. The fraction of sp³-hybridized carbons (Fsp3) is 0.714. The van der Waals surface area contributed by atoms with Crippen LogP contribution in [-0.2, 0) is 9.59 Å². The molecule has 1 unspecified atom stereocenters. The molecular weight excluding hydrogens is 196 g/mol. The van der Waals surface area contributed by atoms with Crippen molar-refractivity contribution in [2.75, 3.05) is 0 Å². The fourth-order valence-corrected chi connectivity index (χ4v) is 1.12. The van der Waals surface area contributed by atoms with Crippen molar-refractivity contribution < 1.29 is 9.59 Å². The number of alkyl halides is 1. The largest absolute Gasteiger partial charge is 0.297 e. The van der Waals surface area contributed by atoms with Crippen molar-refractivity contribution in [3.05, 3.63) is 0 Å². The lowest BCUT2D eigenvalue weighted by molar-refractivity contribution is -0.123. The number of rotatable bonds is 3. The van der Waals surface area contributed by atoms with Gasteiger partial charge >= 0.3 is 0 Å². The van der Waals surface area contributed by atoms with E-state index in [2.05, 4.69) is 15.9 Å². The van der Waals surface area contributed by atoms with E-state index in [1.54, 1.807) is 27.1 Å². The van der Waals surface area contributed by atoms with Crippen LogP contribution in [0.3, 0.4) is 0 Å². The Kier molecular flexibility index (Phi) is 3.22. The molecule has 1 atom stereocenters. The van der Waals surface area contributed by atoms with Crippen molar-refractivity contribution in [2.45, 2.75) is 25.6 Å². The molecule has 3 heteroatoms. The van der Waals surface area contributed by atoms with Crippen LogP contribution in [0, 0.1) is 5.41 Å². The summed E-state index contributed by atoms with van der Waals surface area (Å²) in [5.74, 6) is -0.137. The lowest BCUT2D eigenvalue weighted by atomic mass is 9.89. The zero-order chi connectivity index (χ0) is 8.36. The van der Waals surface area contributed by atoms with E-state index in [-0.39, 0.29) is 10.6 Å². The first-order valence-corrected chi connectivity index (χ1v) is 3.91. The second-order valence-corrected chi connectivity index (χ2v) is 4.08. The smallest absolute Gasteiger partial charge is 0.212 e. The van der Waals surface area contributed by atoms with Crippen molar-refractivity contribution in [1.82, 2.24) is 0 Å². The molecule has 1 radical (unpaired) electrons. The summed E-state index contributed by atoms with van der Waals surface area (Å²) in [5, 5.41) is 0. The van der Waals surface area contributed by atoms with E-state index in [4.69, 9.17) is 0 Å². The Morgan fingerprint density at radius 1 is 1.60 bits per heavy atom. The van der Waals surface area contributed by atoms with Gasteiger partial charge in [-0.15, -0.1) is 0 Å². The number of hydrogen-bond donors (Lipinski definition) is 0. The highest BCUT2D eigenvalue weighted by Crippen LogP contribution is 2.18. The van der Waals surface area contributed by atoms with E-state index in [0.29, 0.717) is 0 Å². The predicted molar refractivity (Wildman–Crippen MR) is 42.9 cm³/mol. The average molecular weight is 206 g/mol. The number of carbonyl (C=O) groups is 1. The van der Waals surface area contributed by atoms with E-state index in [1.807, 2.05) is 0 Å². The van der Waals surface area contributed by atoms with Gasteiger partial charge in [-0.2, -0.15) is 0 Å². The first kappa shape index (κ1) is 9.82. The minimum atomic E-state index is -0.969. The lowest BCUT2D eigenvalue weighted by Crippen LogP contribution is -2.31. The molecule has 0 aliphatic rings. The van der Waals surface area contributed by atoms with E-state index >= 15 is 0 Å². The van der Waals surface area contributed by atoms with Gasteiger partial charge < -0.3 is 0 Å². The Labute approximate surface area is 69.1 Å². The normalized spacial score (nSPS) is 14.4. The molecule has 57 valence electrons. The van der Waals surface area contributed by atoms with Gasteiger partial charge in [0.1, 0.15) is 0 Å². The minimum Gasteiger partial charge on any atom is -0.297 e. The van der Waals surface area contributed by atoms with Crippen molar-refractivity contribution in [1.29, 1.82) is 0 Å². The Morgan fingerprint density at radius 2 is 2.00 bits per heavy atom. The Bertz CT molecular complexity index is 150. The van der Waals surface area contributed by atoms with E-state index < -0.39 is 5.41 Å². The number of hydrogen-bond acceptors (Lipinski definition) is 2. The van der Waals surface area contributed by atoms with E-state index in [0.717, 1.165) is 0 Å². The Hall–Kier alpha value is -0.180. The van der Waals surface area contributed by atoms with Gasteiger partial charge in [-0.1, -0.05) is 15.9 Å². The molecule has 0 saturated carbocycles. The van der Waals surface area contributed by atoms with Crippen molar-refractivity contribution in [3.63, 3.8) is 0 Å². The van der Waals surface area contributed by atoms with Crippen LogP contribution in [0.1, 0.15) is 20.8 Å². The molecule has 0 N–H and O–H groups in total. The number of Topliss-reactive ketones (excluding diaryl/α,β-unsaturated/α-hetero) is 1. The molecule has 0 saturated heterocycles. The summed E-state index contributed by atoms with van der Waals surface area (Å²) in [6.07, 6.45) is 1.69. The molecule has 0 aliphatic carbocycles. The summed E-state index contributed by atoms with van der Waals surface area (Å²) in [5.41, 5.74) is -0.969. The van der Waals surface area contributed by atoms with Crippen LogP contribution in [0.2, 0.25) is 0 Å². The van der Waals surface area contributed by atoms with Crippen molar-refractivity contribution in [3.8, 4) is 0 Å². The molecule has 10 heavy (non-hydrogen) atoms. The molecule has 0 aromatic heterocycles. The third-order valence-electron chi connectivity index (χ3n) is 1.23. The summed E-state index contributed by atoms with van der Waals surface area (Å²) in [6.45, 7) is 4.81. The average Bonchev–Trinajstić information content (AvgIpc) is 1.86. The van der Waals surface area contributed by atoms with Crippen molar-refractivity contribution >= 4 is 28.0 Å². The van der Waals surface area contributed by atoms with E-state index in [1.165, 1.54) is 0 Å². The highest BCUT2D eigenvalue weighted by Gasteiger charge is 2.30. The summed E-state index contributed by atoms with van der Waals surface area (Å²) in [6, 6.07) is 0. The summed E-state index contributed by atoms with van der Waals surface area (Å²) >= 11 is 3.09. The summed E-state index contributed by atoms with van der Waals surface area (Å²) in [4.78, 5) is 21.0. The highest BCUT2D eigenvalue weighted by molar-refractivity contribution is 9.10. The zero-order valence-corrected chi connectivity index (χ0v) is 7.86. The standard InChI is InChI=1S/C7H10BrO2/c1-5(8)6(10)7(2,3)4-9/h5H,1-3H3. The van der Waals surface area contributed by atoms with Crippen LogP contribution in [0.5, 0.6) is 0 Å². The van der Waals surface area contributed by atoms with Crippen molar-refractivity contribution in [2.24, 2.45) is 5.41 Å². The van der Waals surface area contributed by atoms with Gasteiger partial charge in [0.15, 0.2) is 5.78 Å². The van der Waals surface area contributed by atoms with Crippen LogP contribution >= 0.6 is 15.9 Å². The molecule has 0 aliphatic heterocycles. The maximum atomic E-state index is 11.1. The first-order valence-electron chi connectivity index (χ1n) is 2.99. The number of carbonyl (C=O) groups excluding carboxylic acids is 2. The minimum absolute atomic E-state index is 0.137. The number of ketones is 1. The molecular formula is C7H10BrO2. The molecule has 0 bridgehead atoms. The predicted octanol–water partition coefficient (Wildman–Crippen LogP) is 1.47. The number of halogens is 1. The molecule has 0 rings (SSSR count). The van der Waals surface area contributed by atoms with Gasteiger partial charge in [-0.25, -0.2) is 0 Å². The third-order valence-corrected chi connectivity index (χ3v) is 1.65. The molecule has 0 amide bonds. The topological polar surface area (TPSA) is 34.1 Å².